The molecule has 3 atom stereocenters. The standard InChI is InChI=1S/C17H18ClNO3/c1-9(20)16-15(11-4-6-12(18)7-5-11)14-10(2)22-19-13(14)8-17(16,3)21/h4-7,15-16,21H,8H2,1-3H3/t15-,16-,17+/m0/s1. The molecule has 0 saturated carbocycles. The molecule has 4 nitrogen and oxygen atoms in total. The third-order valence-corrected chi connectivity index (χ3v) is 4.74. The molecule has 22 heavy (non-hydrogen) atoms. The first-order chi connectivity index (χ1) is 10.3. The summed E-state index contributed by atoms with van der Waals surface area (Å²) in [6.07, 6.45) is 0.314. The van der Waals surface area contributed by atoms with Gasteiger partial charge in [-0.2, -0.15) is 0 Å². The molecule has 0 fully saturated rings. The van der Waals surface area contributed by atoms with Crippen molar-refractivity contribution >= 4 is 17.4 Å². The number of halogens is 1. The largest absolute Gasteiger partial charge is 0.389 e. The van der Waals surface area contributed by atoms with Crippen LogP contribution in [0.25, 0.3) is 0 Å². The van der Waals surface area contributed by atoms with E-state index in [1.54, 1.807) is 19.1 Å². The van der Waals surface area contributed by atoms with Crippen LogP contribution < -0.4 is 0 Å². The highest BCUT2D eigenvalue weighted by atomic mass is 35.5. The molecule has 0 radical (unpaired) electrons. The average Bonchev–Trinajstić information content (AvgIpc) is 2.77. The van der Waals surface area contributed by atoms with Crippen LogP contribution in [-0.4, -0.2) is 21.6 Å². The van der Waals surface area contributed by atoms with Crippen LogP contribution in [0.15, 0.2) is 28.8 Å². The van der Waals surface area contributed by atoms with Crippen LogP contribution in [0.5, 0.6) is 0 Å². The first-order valence-corrected chi connectivity index (χ1v) is 7.62. The molecule has 1 N–H and O–H groups in total. The average molecular weight is 320 g/mol. The summed E-state index contributed by atoms with van der Waals surface area (Å²) < 4.78 is 5.32. The van der Waals surface area contributed by atoms with Crippen molar-refractivity contribution in [1.29, 1.82) is 0 Å². The minimum Gasteiger partial charge on any atom is -0.389 e. The van der Waals surface area contributed by atoms with Crippen LogP contribution in [0.4, 0.5) is 0 Å². The number of hydrogen-bond donors (Lipinski definition) is 1. The Morgan fingerprint density at radius 2 is 2.05 bits per heavy atom. The molecule has 2 aromatic rings. The monoisotopic (exact) mass is 319 g/mol. The molecule has 0 spiro atoms. The molecule has 5 heteroatoms. The first-order valence-electron chi connectivity index (χ1n) is 7.24. The van der Waals surface area contributed by atoms with Gasteiger partial charge in [0.1, 0.15) is 11.5 Å². The Morgan fingerprint density at radius 3 is 2.64 bits per heavy atom. The van der Waals surface area contributed by atoms with Gasteiger partial charge >= 0.3 is 0 Å². The number of Topliss-reactive ketones (excluding diaryl/α,β-unsaturated/α-hetero) is 1. The highest BCUT2D eigenvalue weighted by Crippen LogP contribution is 2.47. The van der Waals surface area contributed by atoms with Crippen LogP contribution >= 0.6 is 11.6 Å². The van der Waals surface area contributed by atoms with E-state index in [0.717, 1.165) is 16.8 Å². The quantitative estimate of drug-likeness (QED) is 0.922. The number of benzene rings is 1. The Balaban J connectivity index is 2.23. The maximum atomic E-state index is 12.3. The summed E-state index contributed by atoms with van der Waals surface area (Å²) in [6.45, 7) is 5.05. The Bertz CT molecular complexity index is 718. The Labute approximate surface area is 134 Å². The number of ketones is 1. The second-order valence-electron chi connectivity index (χ2n) is 6.25. The van der Waals surface area contributed by atoms with E-state index in [0.29, 0.717) is 17.2 Å². The van der Waals surface area contributed by atoms with Crippen molar-refractivity contribution in [3.8, 4) is 0 Å². The SMILES string of the molecule is CC(=O)[C@H]1[C@@H](c2ccc(Cl)cc2)c2c(noc2C)C[C@@]1(C)O. The highest BCUT2D eigenvalue weighted by molar-refractivity contribution is 6.30. The second-order valence-corrected chi connectivity index (χ2v) is 6.69. The second kappa shape index (κ2) is 5.21. The molecule has 0 saturated heterocycles. The molecule has 1 heterocycles. The lowest BCUT2D eigenvalue weighted by Gasteiger charge is -2.40. The highest BCUT2D eigenvalue weighted by Gasteiger charge is 2.49. The van der Waals surface area contributed by atoms with E-state index in [9.17, 15) is 9.90 Å². The number of aryl methyl sites for hydroxylation is 1. The van der Waals surface area contributed by atoms with Crippen molar-refractivity contribution < 1.29 is 14.4 Å². The van der Waals surface area contributed by atoms with Gasteiger partial charge in [-0.3, -0.25) is 4.79 Å². The van der Waals surface area contributed by atoms with Crippen molar-refractivity contribution in [2.24, 2.45) is 5.92 Å². The van der Waals surface area contributed by atoms with E-state index < -0.39 is 11.5 Å². The summed E-state index contributed by atoms with van der Waals surface area (Å²) >= 11 is 5.97. The fourth-order valence-electron chi connectivity index (χ4n) is 3.63. The minimum atomic E-state index is -1.16. The number of carbonyl (C=O) groups excluding carboxylic acids is 1. The first kappa shape index (κ1) is 15.3. The third kappa shape index (κ3) is 2.36. The van der Waals surface area contributed by atoms with E-state index in [1.807, 2.05) is 19.1 Å². The van der Waals surface area contributed by atoms with Crippen LogP contribution in [-0.2, 0) is 11.2 Å². The van der Waals surface area contributed by atoms with Crippen molar-refractivity contribution in [3.63, 3.8) is 0 Å². The van der Waals surface area contributed by atoms with Crippen LogP contribution in [0.3, 0.4) is 0 Å². The molecule has 1 aliphatic rings. The van der Waals surface area contributed by atoms with Gasteiger partial charge in [-0.05, 0) is 38.5 Å². The van der Waals surface area contributed by atoms with Crippen molar-refractivity contribution in [1.82, 2.24) is 5.16 Å². The predicted molar refractivity (Wildman–Crippen MR) is 83.0 cm³/mol. The molecule has 0 amide bonds. The Hall–Kier alpha value is -1.65. The minimum absolute atomic E-state index is 0.0452. The Kier molecular flexibility index (Phi) is 3.62. The zero-order chi connectivity index (χ0) is 16.1. The molecule has 1 aromatic heterocycles. The van der Waals surface area contributed by atoms with Crippen LogP contribution in [0.1, 0.15) is 42.3 Å². The maximum Gasteiger partial charge on any atom is 0.137 e. The van der Waals surface area contributed by atoms with Crippen molar-refractivity contribution in [2.45, 2.75) is 38.7 Å². The lowest BCUT2D eigenvalue weighted by atomic mass is 9.64. The van der Waals surface area contributed by atoms with Crippen LogP contribution in [0.2, 0.25) is 5.02 Å². The summed E-state index contributed by atoms with van der Waals surface area (Å²) in [5.74, 6) is -0.174. The van der Waals surface area contributed by atoms with Gasteiger partial charge in [-0.1, -0.05) is 28.9 Å². The van der Waals surface area contributed by atoms with Gasteiger partial charge < -0.3 is 9.63 Å². The normalized spacial score (nSPS) is 27.5. The van der Waals surface area contributed by atoms with Gasteiger partial charge in [0.05, 0.1) is 17.2 Å². The lowest BCUT2D eigenvalue weighted by Crippen LogP contribution is -2.48. The summed E-state index contributed by atoms with van der Waals surface area (Å²) in [5, 5.41) is 15.5. The van der Waals surface area contributed by atoms with Gasteiger partial charge in [-0.15, -0.1) is 0 Å². The zero-order valence-corrected chi connectivity index (χ0v) is 13.5. The van der Waals surface area contributed by atoms with Crippen LogP contribution in [0, 0.1) is 12.8 Å². The zero-order valence-electron chi connectivity index (χ0n) is 12.8. The number of hydrogen-bond acceptors (Lipinski definition) is 4. The van der Waals surface area contributed by atoms with E-state index in [4.69, 9.17) is 16.1 Å². The summed E-state index contributed by atoms with van der Waals surface area (Å²) in [5.41, 5.74) is 1.40. The van der Waals surface area contributed by atoms with Gasteiger partial charge in [0.15, 0.2) is 0 Å². The number of aromatic nitrogens is 1. The summed E-state index contributed by atoms with van der Waals surface area (Å²) in [4.78, 5) is 12.3. The predicted octanol–water partition coefficient (Wildman–Crippen LogP) is 3.28. The number of rotatable bonds is 2. The molecular formula is C17H18ClNO3. The molecule has 0 aliphatic heterocycles. The summed E-state index contributed by atoms with van der Waals surface area (Å²) in [7, 11) is 0. The number of aliphatic hydroxyl groups is 1. The number of fused-ring (bicyclic) bond motifs is 1. The number of nitrogens with zero attached hydrogens (tertiary/aromatic N) is 1. The molecule has 1 aliphatic carbocycles. The van der Waals surface area contributed by atoms with E-state index in [2.05, 4.69) is 5.16 Å². The van der Waals surface area contributed by atoms with Gasteiger partial charge in [0, 0.05) is 22.9 Å². The van der Waals surface area contributed by atoms with Gasteiger partial charge in [-0.25, -0.2) is 0 Å². The van der Waals surface area contributed by atoms with Crippen molar-refractivity contribution in [3.05, 3.63) is 51.9 Å². The van der Waals surface area contributed by atoms with E-state index in [-0.39, 0.29) is 11.7 Å². The molecular weight excluding hydrogens is 302 g/mol. The molecule has 3 rings (SSSR count). The lowest BCUT2D eigenvalue weighted by molar-refractivity contribution is -0.130. The fraction of sp³-hybridized carbons (Fsp3) is 0.412. The molecule has 116 valence electrons. The van der Waals surface area contributed by atoms with E-state index >= 15 is 0 Å². The molecule has 0 unspecified atom stereocenters. The third-order valence-electron chi connectivity index (χ3n) is 4.49. The maximum absolute atomic E-state index is 12.3. The number of carbonyl (C=O) groups is 1. The van der Waals surface area contributed by atoms with Crippen molar-refractivity contribution in [2.75, 3.05) is 0 Å². The topological polar surface area (TPSA) is 63.3 Å². The summed E-state index contributed by atoms with van der Waals surface area (Å²) in [6, 6.07) is 7.36. The smallest absolute Gasteiger partial charge is 0.137 e. The van der Waals surface area contributed by atoms with Gasteiger partial charge in [0.2, 0.25) is 0 Å². The van der Waals surface area contributed by atoms with Gasteiger partial charge in [0.25, 0.3) is 0 Å². The van der Waals surface area contributed by atoms with E-state index in [1.165, 1.54) is 6.92 Å². The Morgan fingerprint density at radius 1 is 1.41 bits per heavy atom. The molecule has 1 aromatic carbocycles. The fourth-order valence-corrected chi connectivity index (χ4v) is 3.75. The molecule has 0 bridgehead atoms.